The minimum absolute atomic E-state index is 0.0724. The maximum Gasteiger partial charge on any atom is 0.472 e. The Kier molecular flexibility index (Phi) is 46.8. The Balaban J connectivity index is 4.15. The number of carbonyl (C=O) groups is 1. The number of carbonyl (C=O) groups excluding carboxylic acids is 1. The molecule has 1 amide bonds. The van der Waals surface area contributed by atoms with E-state index in [0.717, 1.165) is 64.2 Å². The van der Waals surface area contributed by atoms with Gasteiger partial charge in [-0.2, -0.15) is 0 Å². The number of aliphatic hydroxyl groups is 1. The number of rotatable bonds is 51. The van der Waals surface area contributed by atoms with Gasteiger partial charge in [0.2, 0.25) is 5.91 Å². The topological polar surface area (TPSA) is 105 Å². The van der Waals surface area contributed by atoms with Crippen LogP contribution in [-0.4, -0.2) is 73.4 Å². The lowest BCUT2D eigenvalue weighted by atomic mass is 10.0. The number of unbranched alkanes of at least 4 members (excludes halogenated alkanes) is 32. The normalized spacial score (nSPS) is 14.3. The first-order valence-electron chi connectivity index (χ1n) is 27.9. The van der Waals surface area contributed by atoms with Gasteiger partial charge in [-0.1, -0.05) is 249 Å². The predicted molar refractivity (Wildman–Crippen MR) is 281 cm³/mol. The van der Waals surface area contributed by atoms with Gasteiger partial charge in [0.1, 0.15) is 13.2 Å². The molecule has 0 aliphatic rings. The summed E-state index contributed by atoms with van der Waals surface area (Å²) in [7, 11) is 1.61. The van der Waals surface area contributed by atoms with E-state index in [9.17, 15) is 19.4 Å². The number of aliphatic hydroxyl groups excluding tert-OH is 1. The van der Waals surface area contributed by atoms with Crippen LogP contribution in [0.4, 0.5) is 0 Å². The summed E-state index contributed by atoms with van der Waals surface area (Å²) in [5.41, 5.74) is 0. The number of allylic oxidation sites excluding steroid dienone is 6. The summed E-state index contributed by atoms with van der Waals surface area (Å²) in [5, 5.41) is 14.1. The van der Waals surface area contributed by atoms with E-state index in [1.807, 2.05) is 21.1 Å². The lowest BCUT2D eigenvalue weighted by molar-refractivity contribution is -0.870. The predicted octanol–water partition coefficient (Wildman–Crippen LogP) is 16.6. The summed E-state index contributed by atoms with van der Waals surface area (Å²) in [6, 6.07) is -0.766. The molecule has 0 aromatic rings. The third kappa shape index (κ3) is 50.4. The van der Waals surface area contributed by atoms with Crippen molar-refractivity contribution < 1.29 is 32.9 Å². The van der Waals surface area contributed by atoms with Crippen molar-refractivity contribution in [2.75, 3.05) is 40.9 Å². The van der Waals surface area contributed by atoms with Crippen LogP contribution in [0.1, 0.15) is 264 Å². The molecular weight excluding hydrogens is 828 g/mol. The zero-order valence-corrected chi connectivity index (χ0v) is 44.6. The van der Waals surface area contributed by atoms with E-state index in [4.69, 9.17) is 9.05 Å². The Morgan fingerprint density at radius 1 is 0.538 bits per heavy atom. The molecule has 384 valence electrons. The standard InChI is InChI=1S/C56H109N2O6P/c1-6-8-10-12-14-16-18-20-22-24-25-26-27-28-29-30-31-32-34-35-37-39-41-43-45-47-49-55(59)54(53-64-65(61,62)63-52-51-58(3,4)5)57-56(60)50-48-46-44-42-40-38-36-33-23-21-19-17-15-13-11-9-7-2/h9,11,15,17,21,23,54-55,59H,6-8,10,12-14,16,18-20,22,24-53H2,1-5H3,(H-,57,60,61,62)/p+1/b11-9-,17-15-,23-21-. The molecule has 0 saturated carbocycles. The van der Waals surface area contributed by atoms with Crippen LogP contribution >= 0.6 is 7.82 Å². The number of phosphoric ester groups is 1. The van der Waals surface area contributed by atoms with Crippen molar-refractivity contribution in [1.29, 1.82) is 0 Å². The SMILES string of the molecule is CC/C=C\C/C=C\C/C=C\CCCCCCCCCC(=O)NC(COP(=O)(O)OCC[N+](C)(C)C)C(O)CCCCCCCCCCCCCCCCCCCCCCCCCCCC. The number of nitrogens with zero attached hydrogens (tertiary/aromatic N) is 1. The molecule has 0 fully saturated rings. The molecular formula is C56H110N2O6P+. The maximum absolute atomic E-state index is 13.0. The van der Waals surface area contributed by atoms with E-state index in [0.29, 0.717) is 23.9 Å². The molecule has 3 unspecified atom stereocenters. The zero-order valence-electron chi connectivity index (χ0n) is 43.7. The molecule has 0 aromatic carbocycles. The summed E-state index contributed by atoms with van der Waals surface area (Å²) in [6.07, 6.45) is 60.6. The number of likely N-dealkylation sites (N-methyl/N-ethyl adjacent to an activating group) is 1. The van der Waals surface area contributed by atoms with Crippen LogP contribution < -0.4 is 5.32 Å². The molecule has 0 rings (SSSR count). The van der Waals surface area contributed by atoms with Gasteiger partial charge in [0.15, 0.2) is 0 Å². The smallest absolute Gasteiger partial charge is 0.391 e. The molecule has 9 heteroatoms. The Hall–Kier alpha value is -1.28. The summed E-state index contributed by atoms with van der Waals surface area (Å²) in [6.45, 7) is 4.80. The Bertz CT molecular complexity index is 1150. The van der Waals surface area contributed by atoms with Crippen LogP contribution in [0.15, 0.2) is 36.5 Å². The van der Waals surface area contributed by atoms with E-state index >= 15 is 0 Å². The van der Waals surface area contributed by atoms with E-state index in [-0.39, 0.29) is 19.1 Å². The molecule has 3 atom stereocenters. The van der Waals surface area contributed by atoms with Gasteiger partial charge in [0.05, 0.1) is 39.9 Å². The first-order chi connectivity index (χ1) is 31.5. The largest absolute Gasteiger partial charge is 0.472 e. The van der Waals surface area contributed by atoms with Crippen LogP contribution in [-0.2, 0) is 18.4 Å². The van der Waals surface area contributed by atoms with Crippen molar-refractivity contribution in [3.05, 3.63) is 36.5 Å². The Morgan fingerprint density at radius 2 is 0.923 bits per heavy atom. The van der Waals surface area contributed by atoms with Crippen LogP contribution in [0.3, 0.4) is 0 Å². The highest BCUT2D eigenvalue weighted by molar-refractivity contribution is 7.47. The monoisotopic (exact) mass is 938 g/mol. The Morgan fingerprint density at radius 3 is 1.35 bits per heavy atom. The van der Waals surface area contributed by atoms with Crippen LogP contribution in [0.2, 0.25) is 0 Å². The van der Waals surface area contributed by atoms with Crippen molar-refractivity contribution in [3.63, 3.8) is 0 Å². The van der Waals surface area contributed by atoms with Crippen LogP contribution in [0.25, 0.3) is 0 Å². The quantitative estimate of drug-likeness (QED) is 0.0243. The van der Waals surface area contributed by atoms with E-state index in [2.05, 4.69) is 55.6 Å². The average Bonchev–Trinajstić information content (AvgIpc) is 3.26. The number of hydrogen-bond acceptors (Lipinski definition) is 5. The summed E-state index contributed by atoms with van der Waals surface area (Å²) in [5.74, 6) is -0.152. The Labute approximate surface area is 404 Å². The second-order valence-corrected chi connectivity index (χ2v) is 21.7. The van der Waals surface area contributed by atoms with Gasteiger partial charge in [0.25, 0.3) is 0 Å². The van der Waals surface area contributed by atoms with Gasteiger partial charge in [-0.15, -0.1) is 0 Å². The van der Waals surface area contributed by atoms with Gasteiger partial charge in [0, 0.05) is 6.42 Å². The second kappa shape index (κ2) is 47.8. The fraction of sp³-hybridized carbons (Fsp3) is 0.875. The molecule has 0 heterocycles. The number of hydrogen-bond donors (Lipinski definition) is 3. The fourth-order valence-corrected chi connectivity index (χ4v) is 9.03. The molecule has 0 bridgehead atoms. The number of nitrogens with one attached hydrogen (secondary N) is 1. The van der Waals surface area contributed by atoms with Gasteiger partial charge in [-0.25, -0.2) is 4.57 Å². The molecule has 0 aliphatic carbocycles. The van der Waals surface area contributed by atoms with Gasteiger partial charge in [-0.05, 0) is 44.9 Å². The molecule has 0 saturated heterocycles. The van der Waals surface area contributed by atoms with Gasteiger partial charge in [-0.3, -0.25) is 13.8 Å². The zero-order chi connectivity index (χ0) is 47.8. The third-order valence-corrected chi connectivity index (χ3v) is 13.6. The maximum atomic E-state index is 13.0. The minimum Gasteiger partial charge on any atom is -0.391 e. The highest BCUT2D eigenvalue weighted by atomic mass is 31.2. The van der Waals surface area contributed by atoms with Crippen molar-refractivity contribution >= 4 is 13.7 Å². The van der Waals surface area contributed by atoms with E-state index < -0.39 is 20.0 Å². The number of quaternary nitrogens is 1. The van der Waals surface area contributed by atoms with Gasteiger partial charge < -0.3 is 19.8 Å². The molecule has 0 aliphatic heterocycles. The fourth-order valence-electron chi connectivity index (χ4n) is 8.30. The number of amides is 1. The lowest BCUT2D eigenvalue weighted by Gasteiger charge is -2.26. The molecule has 0 spiro atoms. The summed E-state index contributed by atoms with van der Waals surface area (Å²) >= 11 is 0. The first-order valence-corrected chi connectivity index (χ1v) is 29.3. The van der Waals surface area contributed by atoms with E-state index in [1.165, 1.54) is 173 Å². The van der Waals surface area contributed by atoms with Crippen molar-refractivity contribution in [3.8, 4) is 0 Å². The number of phosphoric acid groups is 1. The molecule has 0 radical (unpaired) electrons. The van der Waals surface area contributed by atoms with Crippen molar-refractivity contribution in [2.45, 2.75) is 276 Å². The first kappa shape index (κ1) is 63.7. The van der Waals surface area contributed by atoms with E-state index in [1.54, 1.807) is 0 Å². The van der Waals surface area contributed by atoms with Crippen LogP contribution in [0.5, 0.6) is 0 Å². The van der Waals surface area contributed by atoms with Crippen LogP contribution in [0, 0.1) is 0 Å². The highest BCUT2D eigenvalue weighted by Gasteiger charge is 2.28. The molecule has 0 aromatic heterocycles. The summed E-state index contributed by atoms with van der Waals surface area (Å²) < 4.78 is 23.8. The molecule has 8 nitrogen and oxygen atoms in total. The average molecular weight is 938 g/mol. The summed E-state index contributed by atoms with van der Waals surface area (Å²) in [4.78, 5) is 23.3. The minimum atomic E-state index is -4.32. The molecule has 3 N–H and O–H groups in total. The second-order valence-electron chi connectivity index (χ2n) is 20.3. The molecule has 65 heavy (non-hydrogen) atoms. The van der Waals surface area contributed by atoms with Gasteiger partial charge >= 0.3 is 7.82 Å². The highest BCUT2D eigenvalue weighted by Crippen LogP contribution is 2.43. The lowest BCUT2D eigenvalue weighted by Crippen LogP contribution is -2.46. The third-order valence-electron chi connectivity index (χ3n) is 12.7. The van der Waals surface area contributed by atoms with Crippen molar-refractivity contribution in [2.24, 2.45) is 0 Å². The van der Waals surface area contributed by atoms with Crippen molar-refractivity contribution in [1.82, 2.24) is 5.32 Å².